The average Bonchev–Trinajstić information content (AvgIpc) is 2.44. The van der Waals surface area contributed by atoms with Gasteiger partial charge in [-0.15, -0.1) is 0 Å². The highest BCUT2D eigenvalue weighted by atomic mass is 16.3. The predicted octanol–water partition coefficient (Wildman–Crippen LogP) is 0.352. The van der Waals surface area contributed by atoms with Crippen molar-refractivity contribution in [2.24, 2.45) is 23.5 Å². The fraction of sp³-hybridized carbons (Fsp3) is 1.00. The molecule has 0 aromatic heterocycles. The van der Waals surface area contributed by atoms with E-state index in [2.05, 4.69) is 0 Å². The first-order valence-corrected chi connectivity index (χ1v) is 4.17. The maximum atomic E-state index is 8.95. The molecule has 0 aromatic carbocycles. The van der Waals surface area contributed by atoms with E-state index in [0.29, 0.717) is 24.5 Å². The smallest absolute Gasteiger partial charge is 0.0462 e. The SMILES string of the molecule is N[C@@H]1CC2CC1[C@H](CO)C2. The summed E-state index contributed by atoms with van der Waals surface area (Å²) in [5.41, 5.74) is 5.87. The van der Waals surface area contributed by atoms with Gasteiger partial charge in [0.05, 0.1) is 0 Å². The Hall–Kier alpha value is -0.0800. The van der Waals surface area contributed by atoms with E-state index in [9.17, 15) is 0 Å². The van der Waals surface area contributed by atoms with Crippen LogP contribution < -0.4 is 5.73 Å². The van der Waals surface area contributed by atoms with Crippen LogP contribution in [-0.2, 0) is 0 Å². The van der Waals surface area contributed by atoms with Gasteiger partial charge in [-0.3, -0.25) is 0 Å². The quantitative estimate of drug-likeness (QED) is 0.553. The lowest BCUT2D eigenvalue weighted by Gasteiger charge is -2.24. The van der Waals surface area contributed by atoms with Gasteiger partial charge < -0.3 is 10.8 Å². The second kappa shape index (κ2) is 2.21. The largest absolute Gasteiger partial charge is 0.396 e. The third-order valence-corrected chi connectivity index (χ3v) is 3.24. The Morgan fingerprint density at radius 1 is 1.30 bits per heavy atom. The Balaban J connectivity index is 2.06. The van der Waals surface area contributed by atoms with Crippen LogP contribution in [0.1, 0.15) is 19.3 Å². The minimum absolute atomic E-state index is 0.356. The number of hydrogen-bond acceptors (Lipinski definition) is 2. The molecule has 2 nitrogen and oxygen atoms in total. The summed E-state index contributed by atoms with van der Waals surface area (Å²) >= 11 is 0. The molecule has 0 aromatic rings. The van der Waals surface area contributed by atoms with E-state index in [1.165, 1.54) is 19.3 Å². The van der Waals surface area contributed by atoms with Crippen LogP contribution in [0, 0.1) is 17.8 Å². The molecule has 2 unspecified atom stereocenters. The summed E-state index contributed by atoms with van der Waals surface area (Å²) < 4.78 is 0. The van der Waals surface area contributed by atoms with Crippen LogP contribution in [0.25, 0.3) is 0 Å². The van der Waals surface area contributed by atoms with E-state index in [1.54, 1.807) is 0 Å². The summed E-state index contributed by atoms with van der Waals surface area (Å²) in [6, 6.07) is 0.399. The van der Waals surface area contributed by atoms with E-state index in [-0.39, 0.29) is 0 Å². The summed E-state index contributed by atoms with van der Waals surface area (Å²) in [6.45, 7) is 0.356. The Morgan fingerprint density at radius 3 is 2.50 bits per heavy atom. The summed E-state index contributed by atoms with van der Waals surface area (Å²) in [7, 11) is 0. The molecule has 4 atom stereocenters. The van der Waals surface area contributed by atoms with E-state index in [4.69, 9.17) is 10.8 Å². The number of hydrogen-bond donors (Lipinski definition) is 2. The molecule has 3 N–H and O–H groups in total. The Labute approximate surface area is 61.4 Å². The zero-order valence-electron chi connectivity index (χ0n) is 6.16. The van der Waals surface area contributed by atoms with Gasteiger partial charge in [0.15, 0.2) is 0 Å². The summed E-state index contributed by atoms with van der Waals surface area (Å²) in [5.74, 6) is 2.03. The average molecular weight is 141 g/mol. The molecule has 2 saturated carbocycles. The number of aliphatic hydroxyl groups is 1. The van der Waals surface area contributed by atoms with Crippen molar-refractivity contribution in [1.82, 2.24) is 0 Å². The maximum absolute atomic E-state index is 8.95. The minimum Gasteiger partial charge on any atom is -0.396 e. The van der Waals surface area contributed by atoms with Crippen molar-refractivity contribution in [3.05, 3.63) is 0 Å². The van der Waals surface area contributed by atoms with E-state index in [1.807, 2.05) is 0 Å². The van der Waals surface area contributed by atoms with Gasteiger partial charge in [0.1, 0.15) is 0 Å². The van der Waals surface area contributed by atoms with Crippen LogP contribution in [0.15, 0.2) is 0 Å². The summed E-state index contributed by atoms with van der Waals surface area (Å²) in [4.78, 5) is 0. The molecule has 2 heteroatoms. The highest BCUT2D eigenvalue weighted by molar-refractivity contribution is 4.97. The van der Waals surface area contributed by atoms with Crippen molar-refractivity contribution in [2.45, 2.75) is 25.3 Å². The summed E-state index contributed by atoms with van der Waals surface area (Å²) in [5, 5.41) is 8.95. The minimum atomic E-state index is 0.356. The highest BCUT2D eigenvalue weighted by Crippen LogP contribution is 2.47. The first kappa shape index (κ1) is 6.62. The maximum Gasteiger partial charge on any atom is 0.0462 e. The zero-order valence-corrected chi connectivity index (χ0v) is 6.16. The Bertz CT molecular complexity index is 135. The van der Waals surface area contributed by atoms with Crippen LogP contribution >= 0.6 is 0 Å². The van der Waals surface area contributed by atoms with E-state index < -0.39 is 0 Å². The lowest BCUT2D eigenvalue weighted by Crippen LogP contribution is -2.33. The molecule has 2 aliphatic carbocycles. The van der Waals surface area contributed by atoms with Crippen molar-refractivity contribution >= 4 is 0 Å². The molecule has 0 spiro atoms. The van der Waals surface area contributed by atoms with Gasteiger partial charge in [0.25, 0.3) is 0 Å². The lowest BCUT2D eigenvalue weighted by molar-refractivity contribution is 0.166. The van der Waals surface area contributed by atoms with E-state index >= 15 is 0 Å². The lowest BCUT2D eigenvalue weighted by atomic mass is 9.86. The number of nitrogens with two attached hydrogens (primary N) is 1. The molecule has 0 saturated heterocycles. The van der Waals surface area contributed by atoms with Crippen LogP contribution in [0.5, 0.6) is 0 Å². The van der Waals surface area contributed by atoms with Crippen molar-refractivity contribution in [3.63, 3.8) is 0 Å². The molecule has 0 radical (unpaired) electrons. The normalized spacial score (nSPS) is 52.2. The topological polar surface area (TPSA) is 46.2 Å². The van der Waals surface area contributed by atoms with Gasteiger partial charge in [-0.05, 0) is 37.0 Å². The second-order valence-corrected chi connectivity index (χ2v) is 3.84. The fourth-order valence-electron chi connectivity index (χ4n) is 2.76. The van der Waals surface area contributed by atoms with Gasteiger partial charge in [-0.25, -0.2) is 0 Å². The van der Waals surface area contributed by atoms with Crippen molar-refractivity contribution in [3.8, 4) is 0 Å². The molecule has 0 amide bonds. The van der Waals surface area contributed by atoms with Crippen LogP contribution in [0.2, 0.25) is 0 Å². The second-order valence-electron chi connectivity index (χ2n) is 3.84. The molecule has 2 aliphatic rings. The fourth-order valence-corrected chi connectivity index (χ4v) is 2.76. The first-order chi connectivity index (χ1) is 4.81. The summed E-state index contributed by atoms with van der Waals surface area (Å²) in [6.07, 6.45) is 3.72. The van der Waals surface area contributed by atoms with Gasteiger partial charge >= 0.3 is 0 Å². The Kier molecular flexibility index (Phi) is 1.46. The van der Waals surface area contributed by atoms with Gasteiger partial charge in [0.2, 0.25) is 0 Å². The molecule has 10 heavy (non-hydrogen) atoms. The number of aliphatic hydroxyl groups excluding tert-OH is 1. The van der Waals surface area contributed by atoms with Gasteiger partial charge in [0, 0.05) is 12.6 Å². The number of rotatable bonds is 1. The van der Waals surface area contributed by atoms with Crippen molar-refractivity contribution in [1.29, 1.82) is 0 Å². The van der Waals surface area contributed by atoms with Crippen LogP contribution in [0.3, 0.4) is 0 Å². The van der Waals surface area contributed by atoms with Crippen molar-refractivity contribution < 1.29 is 5.11 Å². The van der Waals surface area contributed by atoms with Crippen molar-refractivity contribution in [2.75, 3.05) is 6.61 Å². The standard InChI is InChI=1S/C8H15NO/c9-8-3-5-1-6(4-10)7(8)2-5/h5-8,10H,1-4,9H2/t5?,6-,7?,8+/m0/s1. The van der Waals surface area contributed by atoms with Crippen LogP contribution in [0.4, 0.5) is 0 Å². The molecule has 0 heterocycles. The monoisotopic (exact) mass is 141 g/mol. The van der Waals surface area contributed by atoms with Gasteiger partial charge in [-0.1, -0.05) is 0 Å². The molecular weight excluding hydrogens is 126 g/mol. The molecule has 2 bridgehead atoms. The third kappa shape index (κ3) is 0.789. The molecular formula is C8H15NO. The number of fused-ring (bicyclic) bond motifs is 2. The van der Waals surface area contributed by atoms with Gasteiger partial charge in [-0.2, -0.15) is 0 Å². The molecule has 2 rings (SSSR count). The highest BCUT2D eigenvalue weighted by Gasteiger charge is 2.43. The molecule has 2 fully saturated rings. The van der Waals surface area contributed by atoms with Crippen LogP contribution in [-0.4, -0.2) is 17.8 Å². The third-order valence-electron chi connectivity index (χ3n) is 3.24. The first-order valence-electron chi connectivity index (χ1n) is 4.17. The molecule has 58 valence electrons. The van der Waals surface area contributed by atoms with E-state index in [0.717, 1.165) is 5.92 Å². The zero-order chi connectivity index (χ0) is 7.14. The molecule has 0 aliphatic heterocycles. The predicted molar refractivity (Wildman–Crippen MR) is 39.4 cm³/mol. The Morgan fingerprint density at radius 2 is 2.10 bits per heavy atom.